The molecule has 25 heavy (non-hydrogen) atoms. The van der Waals surface area contributed by atoms with E-state index in [1.807, 2.05) is 48.4 Å². The van der Waals surface area contributed by atoms with Crippen molar-refractivity contribution in [3.8, 4) is 22.4 Å². The Bertz CT molecular complexity index is 989. The van der Waals surface area contributed by atoms with E-state index >= 15 is 0 Å². The average Bonchev–Trinajstić information content (AvgIpc) is 3.11. The summed E-state index contributed by atoms with van der Waals surface area (Å²) in [5, 5.41) is 4.70. The lowest BCUT2D eigenvalue weighted by Gasteiger charge is -2.05. The van der Waals surface area contributed by atoms with Gasteiger partial charge in [-0.1, -0.05) is 24.3 Å². The molecule has 0 spiro atoms. The van der Waals surface area contributed by atoms with Gasteiger partial charge in [-0.15, -0.1) is 0 Å². The summed E-state index contributed by atoms with van der Waals surface area (Å²) in [7, 11) is 0. The standard InChI is InChI=1S/C21H18N4/c1-16-12-19(7-10-23-16)18-5-2-6-20(13-18)21-8-11-25(24-21)15-17-4-3-9-22-14-17/h2-14H,15H2,1H3. The Hall–Kier alpha value is -3.27. The van der Waals surface area contributed by atoms with Crippen molar-refractivity contribution in [2.24, 2.45) is 0 Å². The molecule has 0 aliphatic carbocycles. The summed E-state index contributed by atoms with van der Waals surface area (Å²) < 4.78 is 1.94. The highest BCUT2D eigenvalue weighted by molar-refractivity contribution is 5.71. The first-order chi connectivity index (χ1) is 12.3. The van der Waals surface area contributed by atoms with Gasteiger partial charge in [-0.2, -0.15) is 5.10 Å². The van der Waals surface area contributed by atoms with Crippen LogP contribution in [0.5, 0.6) is 0 Å². The Morgan fingerprint density at radius 1 is 0.880 bits per heavy atom. The molecule has 0 unspecified atom stereocenters. The molecule has 1 aromatic carbocycles. The number of rotatable bonds is 4. The summed E-state index contributed by atoms with van der Waals surface area (Å²) in [4.78, 5) is 8.42. The lowest BCUT2D eigenvalue weighted by Crippen LogP contribution is -2.00. The predicted molar refractivity (Wildman–Crippen MR) is 99.0 cm³/mol. The SMILES string of the molecule is Cc1cc(-c2cccc(-c3ccn(Cc4cccnc4)n3)c2)ccn1. The van der Waals surface area contributed by atoms with Gasteiger partial charge in [0.1, 0.15) is 0 Å². The summed E-state index contributed by atoms with van der Waals surface area (Å²) in [5.74, 6) is 0. The van der Waals surface area contributed by atoms with Gasteiger partial charge in [0, 0.05) is 36.0 Å². The molecule has 4 rings (SSSR count). The maximum absolute atomic E-state index is 4.70. The molecule has 0 bridgehead atoms. The van der Waals surface area contributed by atoms with Gasteiger partial charge in [0.25, 0.3) is 0 Å². The Morgan fingerprint density at radius 2 is 1.76 bits per heavy atom. The fourth-order valence-electron chi connectivity index (χ4n) is 2.87. The average molecular weight is 326 g/mol. The molecular formula is C21H18N4. The second-order valence-corrected chi connectivity index (χ2v) is 6.03. The zero-order valence-electron chi connectivity index (χ0n) is 14.0. The van der Waals surface area contributed by atoms with Crippen molar-refractivity contribution in [3.05, 3.63) is 90.6 Å². The van der Waals surface area contributed by atoms with Crippen LogP contribution in [0.1, 0.15) is 11.3 Å². The normalized spacial score (nSPS) is 10.8. The van der Waals surface area contributed by atoms with E-state index in [4.69, 9.17) is 5.10 Å². The van der Waals surface area contributed by atoms with E-state index in [9.17, 15) is 0 Å². The van der Waals surface area contributed by atoms with Crippen molar-refractivity contribution in [1.29, 1.82) is 0 Å². The number of aromatic nitrogens is 4. The molecule has 3 heterocycles. The third-order valence-electron chi connectivity index (χ3n) is 4.10. The van der Waals surface area contributed by atoms with Gasteiger partial charge in [-0.05, 0) is 53.9 Å². The van der Waals surface area contributed by atoms with Gasteiger partial charge in [-0.25, -0.2) is 0 Å². The van der Waals surface area contributed by atoms with E-state index in [2.05, 4.69) is 46.4 Å². The summed E-state index contributed by atoms with van der Waals surface area (Å²) in [5.41, 5.74) is 6.57. The molecule has 4 aromatic rings. The molecule has 0 atom stereocenters. The Morgan fingerprint density at radius 3 is 2.60 bits per heavy atom. The Labute approximate surface area is 146 Å². The first-order valence-electron chi connectivity index (χ1n) is 8.24. The number of aryl methyl sites for hydroxylation is 1. The van der Waals surface area contributed by atoms with Gasteiger partial charge in [0.2, 0.25) is 0 Å². The molecule has 4 heteroatoms. The Kier molecular flexibility index (Phi) is 4.09. The monoisotopic (exact) mass is 326 g/mol. The number of benzene rings is 1. The second kappa shape index (κ2) is 6.69. The molecule has 0 aliphatic rings. The minimum absolute atomic E-state index is 0.719. The highest BCUT2D eigenvalue weighted by Gasteiger charge is 2.06. The smallest absolute Gasteiger partial charge is 0.0923 e. The van der Waals surface area contributed by atoms with E-state index in [-0.39, 0.29) is 0 Å². The van der Waals surface area contributed by atoms with Gasteiger partial charge in [0.15, 0.2) is 0 Å². The van der Waals surface area contributed by atoms with Crippen molar-refractivity contribution in [3.63, 3.8) is 0 Å². The van der Waals surface area contributed by atoms with Crippen LogP contribution < -0.4 is 0 Å². The van der Waals surface area contributed by atoms with Crippen LogP contribution in [0.3, 0.4) is 0 Å². The van der Waals surface area contributed by atoms with E-state index in [1.165, 1.54) is 11.1 Å². The first kappa shape index (κ1) is 15.3. The van der Waals surface area contributed by atoms with E-state index in [0.717, 1.165) is 29.1 Å². The molecule has 0 radical (unpaired) electrons. The zero-order valence-corrected chi connectivity index (χ0v) is 14.0. The molecule has 0 fully saturated rings. The lowest BCUT2D eigenvalue weighted by molar-refractivity contribution is 0.687. The van der Waals surface area contributed by atoms with Crippen LogP contribution in [0.25, 0.3) is 22.4 Å². The molecule has 0 aliphatic heterocycles. The number of hydrogen-bond acceptors (Lipinski definition) is 3. The van der Waals surface area contributed by atoms with Crippen LogP contribution in [0.2, 0.25) is 0 Å². The number of pyridine rings is 2. The quantitative estimate of drug-likeness (QED) is 0.559. The second-order valence-electron chi connectivity index (χ2n) is 6.03. The summed E-state index contributed by atoms with van der Waals surface area (Å²) >= 11 is 0. The molecule has 0 N–H and O–H groups in total. The first-order valence-corrected chi connectivity index (χ1v) is 8.24. The fraction of sp³-hybridized carbons (Fsp3) is 0.0952. The van der Waals surface area contributed by atoms with Crippen LogP contribution in [0.4, 0.5) is 0 Å². The van der Waals surface area contributed by atoms with Crippen LogP contribution in [-0.2, 0) is 6.54 Å². The largest absolute Gasteiger partial charge is 0.268 e. The summed E-state index contributed by atoms with van der Waals surface area (Å²) in [6.45, 7) is 2.73. The van der Waals surface area contributed by atoms with Crippen molar-refractivity contribution in [1.82, 2.24) is 19.7 Å². The highest BCUT2D eigenvalue weighted by Crippen LogP contribution is 2.25. The maximum Gasteiger partial charge on any atom is 0.0923 e. The molecule has 4 nitrogen and oxygen atoms in total. The van der Waals surface area contributed by atoms with Gasteiger partial charge in [0.05, 0.1) is 12.2 Å². The summed E-state index contributed by atoms with van der Waals surface area (Å²) in [6, 6.07) is 18.6. The molecule has 3 aromatic heterocycles. The predicted octanol–water partition coefficient (Wildman–Crippen LogP) is 4.36. The third kappa shape index (κ3) is 3.48. The van der Waals surface area contributed by atoms with E-state index in [1.54, 1.807) is 6.20 Å². The molecule has 0 amide bonds. The molecular weight excluding hydrogens is 308 g/mol. The zero-order chi connectivity index (χ0) is 17.1. The van der Waals surface area contributed by atoms with E-state index < -0.39 is 0 Å². The fourth-order valence-corrected chi connectivity index (χ4v) is 2.87. The summed E-state index contributed by atoms with van der Waals surface area (Å²) in [6.07, 6.45) is 7.50. The minimum Gasteiger partial charge on any atom is -0.268 e. The van der Waals surface area contributed by atoms with Gasteiger partial charge in [-0.3, -0.25) is 14.6 Å². The lowest BCUT2D eigenvalue weighted by atomic mass is 10.0. The third-order valence-corrected chi connectivity index (χ3v) is 4.10. The van der Waals surface area contributed by atoms with Crippen LogP contribution in [0, 0.1) is 6.92 Å². The topological polar surface area (TPSA) is 43.6 Å². The van der Waals surface area contributed by atoms with Crippen LogP contribution in [0.15, 0.2) is 79.4 Å². The Balaban J connectivity index is 1.61. The van der Waals surface area contributed by atoms with Crippen molar-refractivity contribution in [2.75, 3.05) is 0 Å². The van der Waals surface area contributed by atoms with Crippen molar-refractivity contribution < 1.29 is 0 Å². The highest BCUT2D eigenvalue weighted by atomic mass is 15.3. The van der Waals surface area contributed by atoms with Gasteiger partial charge < -0.3 is 0 Å². The van der Waals surface area contributed by atoms with Crippen molar-refractivity contribution in [2.45, 2.75) is 13.5 Å². The van der Waals surface area contributed by atoms with Crippen LogP contribution >= 0.6 is 0 Å². The van der Waals surface area contributed by atoms with Crippen molar-refractivity contribution >= 4 is 0 Å². The molecule has 0 saturated carbocycles. The maximum atomic E-state index is 4.70. The number of hydrogen-bond donors (Lipinski definition) is 0. The molecule has 0 saturated heterocycles. The van der Waals surface area contributed by atoms with E-state index in [0.29, 0.717) is 0 Å². The number of nitrogens with zero attached hydrogens (tertiary/aromatic N) is 4. The van der Waals surface area contributed by atoms with Gasteiger partial charge >= 0.3 is 0 Å². The minimum atomic E-state index is 0.719. The van der Waals surface area contributed by atoms with Crippen LogP contribution in [-0.4, -0.2) is 19.7 Å². The molecule has 122 valence electrons.